The molecular weight excluding hydrogens is 366 g/mol. The molecule has 0 atom stereocenters. The quantitative estimate of drug-likeness (QED) is 0.588. The van der Waals surface area contributed by atoms with Gasteiger partial charge in [-0.15, -0.1) is 11.3 Å². The van der Waals surface area contributed by atoms with E-state index in [2.05, 4.69) is 9.97 Å². The summed E-state index contributed by atoms with van der Waals surface area (Å²) < 4.78 is 15.7. The van der Waals surface area contributed by atoms with Crippen LogP contribution in [0.25, 0.3) is 21.8 Å². The largest absolute Gasteiger partial charge is 0.461 e. The van der Waals surface area contributed by atoms with E-state index in [0.29, 0.717) is 42.8 Å². The summed E-state index contributed by atoms with van der Waals surface area (Å²) in [6, 6.07) is 3.63. The summed E-state index contributed by atoms with van der Waals surface area (Å²) in [5, 5.41) is 0.928. The van der Waals surface area contributed by atoms with Crippen LogP contribution in [0.5, 0.6) is 0 Å². The standard InChI is InChI=1S/C19H23N3O4S/c1-12-15-13(2)20-17(14-6-5-9-26-14)21-18(15)27-16(12)19(23)22(7-10-24-3)8-11-25-4/h5-6,9H,7-8,10-11H2,1-4H3. The first-order valence-corrected chi connectivity index (χ1v) is 9.47. The lowest BCUT2D eigenvalue weighted by Gasteiger charge is -2.21. The lowest BCUT2D eigenvalue weighted by atomic mass is 10.1. The maximum absolute atomic E-state index is 13.1. The fourth-order valence-electron chi connectivity index (χ4n) is 2.92. The number of rotatable bonds is 8. The van der Waals surface area contributed by atoms with Crippen molar-refractivity contribution in [1.29, 1.82) is 0 Å². The van der Waals surface area contributed by atoms with Crippen molar-refractivity contribution in [1.82, 2.24) is 14.9 Å². The third kappa shape index (κ3) is 4.02. The zero-order chi connectivity index (χ0) is 19.4. The molecule has 144 valence electrons. The van der Waals surface area contributed by atoms with Gasteiger partial charge in [-0.1, -0.05) is 0 Å². The molecule has 0 spiro atoms. The molecule has 7 nitrogen and oxygen atoms in total. The molecule has 0 aliphatic rings. The number of thiophene rings is 1. The normalized spacial score (nSPS) is 11.3. The van der Waals surface area contributed by atoms with Crippen molar-refractivity contribution >= 4 is 27.5 Å². The highest BCUT2D eigenvalue weighted by Crippen LogP contribution is 2.33. The Morgan fingerprint density at radius 3 is 2.48 bits per heavy atom. The predicted octanol–water partition coefficient (Wildman–Crippen LogP) is 3.30. The topological polar surface area (TPSA) is 77.7 Å². The molecule has 0 aliphatic carbocycles. The van der Waals surface area contributed by atoms with E-state index in [0.717, 1.165) is 21.5 Å². The molecule has 0 radical (unpaired) electrons. The number of furan rings is 1. The van der Waals surface area contributed by atoms with Crippen LogP contribution in [-0.4, -0.2) is 61.3 Å². The second kappa shape index (κ2) is 8.60. The van der Waals surface area contributed by atoms with Crippen LogP contribution in [0.1, 0.15) is 20.9 Å². The molecule has 0 saturated carbocycles. The number of fused-ring (bicyclic) bond motifs is 1. The van der Waals surface area contributed by atoms with Gasteiger partial charge in [-0.2, -0.15) is 0 Å². The van der Waals surface area contributed by atoms with E-state index >= 15 is 0 Å². The Bertz CT molecular complexity index is 913. The Morgan fingerprint density at radius 1 is 1.19 bits per heavy atom. The van der Waals surface area contributed by atoms with Crippen molar-refractivity contribution in [2.45, 2.75) is 13.8 Å². The van der Waals surface area contributed by atoms with Crippen LogP contribution in [0, 0.1) is 13.8 Å². The summed E-state index contributed by atoms with van der Waals surface area (Å²) >= 11 is 1.39. The lowest BCUT2D eigenvalue weighted by molar-refractivity contribution is 0.0631. The number of carbonyl (C=O) groups is 1. The molecule has 0 saturated heterocycles. The third-order valence-electron chi connectivity index (χ3n) is 4.32. The third-order valence-corrected chi connectivity index (χ3v) is 5.50. The maximum Gasteiger partial charge on any atom is 0.264 e. The number of methoxy groups -OCH3 is 2. The Kier molecular flexibility index (Phi) is 6.20. The predicted molar refractivity (Wildman–Crippen MR) is 104 cm³/mol. The number of hydrogen-bond donors (Lipinski definition) is 0. The fourth-order valence-corrected chi connectivity index (χ4v) is 4.12. The van der Waals surface area contributed by atoms with Crippen LogP contribution in [0.2, 0.25) is 0 Å². The van der Waals surface area contributed by atoms with Gasteiger partial charge in [0.1, 0.15) is 4.83 Å². The van der Waals surface area contributed by atoms with E-state index in [1.807, 2.05) is 19.9 Å². The van der Waals surface area contributed by atoms with Gasteiger partial charge in [0.2, 0.25) is 0 Å². The van der Waals surface area contributed by atoms with E-state index in [-0.39, 0.29) is 5.91 Å². The van der Waals surface area contributed by atoms with Gasteiger partial charge in [-0.3, -0.25) is 4.79 Å². The lowest BCUT2D eigenvalue weighted by Crippen LogP contribution is -2.36. The second-order valence-electron chi connectivity index (χ2n) is 6.12. The first-order valence-electron chi connectivity index (χ1n) is 8.65. The summed E-state index contributed by atoms with van der Waals surface area (Å²) in [5.41, 5.74) is 1.74. The molecule has 0 bridgehead atoms. The summed E-state index contributed by atoms with van der Waals surface area (Å²) in [6.07, 6.45) is 1.59. The molecule has 3 aromatic rings. The van der Waals surface area contributed by atoms with Gasteiger partial charge in [-0.05, 0) is 31.5 Å². The van der Waals surface area contributed by atoms with Crippen LogP contribution in [0.4, 0.5) is 0 Å². The van der Waals surface area contributed by atoms with E-state index in [1.165, 1.54) is 11.3 Å². The molecule has 0 fully saturated rings. The van der Waals surface area contributed by atoms with Crippen molar-refractivity contribution in [2.24, 2.45) is 0 Å². The number of aryl methyl sites for hydroxylation is 2. The summed E-state index contributed by atoms with van der Waals surface area (Å²) in [7, 11) is 3.25. The molecule has 8 heteroatoms. The van der Waals surface area contributed by atoms with Gasteiger partial charge >= 0.3 is 0 Å². The summed E-state index contributed by atoms with van der Waals surface area (Å²) in [6.45, 7) is 5.84. The average Bonchev–Trinajstić information content (AvgIpc) is 3.30. The zero-order valence-electron chi connectivity index (χ0n) is 15.9. The molecule has 1 amide bonds. The number of amides is 1. The van der Waals surface area contributed by atoms with Gasteiger partial charge in [0, 0.05) is 32.7 Å². The Hall–Kier alpha value is -2.29. The van der Waals surface area contributed by atoms with Crippen molar-refractivity contribution in [3.05, 3.63) is 34.5 Å². The van der Waals surface area contributed by atoms with Gasteiger partial charge in [0.05, 0.1) is 30.0 Å². The average molecular weight is 389 g/mol. The molecule has 3 aromatic heterocycles. The van der Waals surface area contributed by atoms with E-state index in [1.54, 1.807) is 31.4 Å². The SMILES string of the molecule is COCCN(CCOC)C(=O)c1sc2nc(-c3ccco3)nc(C)c2c1C. The van der Waals surface area contributed by atoms with Crippen molar-refractivity contribution in [3.63, 3.8) is 0 Å². The minimum Gasteiger partial charge on any atom is -0.461 e. The number of ether oxygens (including phenoxy) is 2. The maximum atomic E-state index is 13.1. The molecule has 0 aromatic carbocycles. The van der Waals surface area contributed by atoms with Gasteiger partial charge in [0.15, 0.2) is 11.6 Å². The first-order chi connectivity index (χ1) is 13.1. The second-order valence-corrected chi connectivity index (χ2v) is 7.12. The molecule has 3 rings (SSSR count). The highest BCUT2D eigenvalue weighted by molar-refractivity contribution is 7.20. The van der Waals surface area contributed by atoms with E-state index < -0.39 is 0 Å². The number of carbonyl (C=O) groups excluding carboxylic acids is 1. The molecule has 27 heavy (non-hydrogen) atoms. The minimum atomic E-state index is -0.0384. The van der Waals surface area contributed by atoms with Gasteiger partial charge in [0.25, 0.3) is 5.91 Å². The van der Waals surface area contributed by atoms with Gasteiger partial charge in [-0.25, -0.2) is 9.97 Å². The summed E-state index contributed by atoms with van der Waals surface area (Å²) in [5.74, 6) is 1.10. The van der Waals surface area contributed by atoms with Crippen molar-refractivity contribution < 1.29 is 18.7 Å². The van der Waals surface area contributed by atoms with E-state index in [4.69, 9.17) is 13.9 Å². The Balaban J connectivity index is 1.99. The van der Waals surface area contributed by atoms with Crippen LogP contribution in [0.3, 0.4) is 0 Å². The van der Waals surface area contributed by atoms with E-state index in [9.17, 15) is 4.79 Å². The molecular formula is C19H23N3O4S. The number of aromatic nitrogens is 2. The zero-order valence-corrected chi connectivity index (χ0v) is 16.8. The fraction of sp³-hybridized carbons (Fsp3) is 0.421. The molecule has 0 aliphatic heterocycles. The van der Waals surface area contributed by atoms with Gasteiger partial charge < -0.3 is 18.8 Å². The van der Waals surface area contributed by atoms with Crippen LogP contribution >= 0.6 is 11.3 Å². The van der Waals surface area contributed by atoms with Crippen LogP contribution in [-0.2, 0) is 9.47 Å². The minimum absolute atomic E-state index is 0.0384. The smallest absolute Gasteiger partial charge is 0.264 e. The van der Waals surface area contributed by atoms with Crippen molar-refractivity contribution in [3.8, 4) is 11.6 Å². The monoisotopic (exact) mass is 389 g/mol. The number of nitrogens with zero attached hydrogens (tertiary/aromatic N) is 3. The summed E-state index contributed by atoms with van der Waals surface area (Å²) in [4.78, 5) is 25.5. The van der Waals surface area contributed by atoms with Crippen LogP contribution < -0.4 is 0 Å². The van der Waals surface area contributed by atoms with Crippen molar-refractivity contribution in [2.75, 3.05) is 40.5 Å². The first kappa shape index (κ1) is 19.5. The Morgan fingerprint density at radius 2 is 1.89 bits per heavy atom. The number of hydrogen-bond acceptors (Lipinski definition) is 7. The molecule has 0 N–H and O–H groups in total. The molecule has 0 unspecified atom stereocenters. The highest BCUT2D eigenvalue weighted by Gasteiger charge is 2.23. The Labute approximate surface area is 161 Å². The van der Waals surface area contributed by atoms with Crippen LogP contribution in [0.15, 0.2) is 22.8 Å². The molecule has 3 heterocycles. The highest BCUT2D eigenvalue weighted by atomic mass is 32.1.